The first-order chi connectivity index (χ1) is 9.08. The molecule has 1 unspecified atom stereocenters. The first kappa shape index (κ1) is 17.8. The highest BCUT2D eigenvalue weighted by atomic mass is 16.5. The van der Waals surface area contributed by atoms with Crippen LogP contribution in [-0.2, 0) is 4.74 Å². The Morgan fingerprint density at radius 3 is 2.42 bits per heavy atom. The van der Waals surface area contributed by atoms with Crippen LogP contribution in [0.2, 0.25) is 0 Å². The molecular weight excluding hydrogens is 232 g/mol. The summed E-state index contributed by atoms with van der Waals surface area (Å²) >= 11 is 0. The molecule has 108 valence electrons. The number of hydrogen-bond acceptors (Lipinski definition) is 1. The number of allylic oxidation sites excluding steroid dienone is 1. The maximum atomic E-state index is 5.19. The Hall–Kier alpha value is -1.24. The zero-order chi connectivity index (χ0) is 14.8. The molecule has 19 heavy (non-hydrogen) atoms. The molecule has 0 spiro atoms. The van der Waals surface area contributed by atoms with E-state index < -0.39 is 0 Å². The zero-order valence-electron chi connectivity index (χ0n) is 13.7. The highest BCUT2D eigenvalue weighted by molar-refractivity contribution is 5.55. The second-order valence-electron chi connectivity index (χ2n) is 4.76. The quantitative estimate of drug-likeness (QED) is 0.597. The second kappa shape index (κ2) is 9.66. The van der Waals surface area contributed by atoms with Crippen molar-refractivity contribution in [2.45, 2.75) is 60.3 Å². The lowest BCUT2D eigenvalue weighted by atomic mass is 9.93. The van der Waals surface area contributed by atoms with E-state index in [0.29, 0.717) is 5.92 Å². The number of rotatable bonds is 5. The van der Waals surface area contributed by atoms with Crippen molar-refractivity contribution in [2.75, 3.05) is 7.11 Å². The van der Waals surface area contributed by atoms with Crippen molar-refractivity contribution >= 4 is 6.08 Å². The summed E-state index contributed by atoms with van der Waals surface area (Å²) in [6.07, 6.45) is 4.58. The summed E-state index contributed by atoms with van der Waals surface area (Å²) in [4.78, 5) is 0. The first-order valence-corrected chi connectivity index (χ1v) is 7.41. The van der Waals surface area contributed by atoms with Crippen molar-refractivity contribution in [3.8, 4) is 0 Å². The third-order valence-electron chi connectivity index (χ3n) is 3.27. The molecule has 1 atom stereocenters. The van der Waals surface area contributed by atoms with Crippen molar-refractivity contribution in [2.24, 2.45) is 0 Å². The predicted molar refractivity (Wildman–Crippen MR) is 86.5 cm³/mol. The van der Waals surface area contributed by atoms with Gasteiger partial charge in [-0.05, 0) is 49.0 Å². The average Bonchev–Trinajstić information content (AvgIpc) is 2.43. The minimum atomic E-state index is 0.653. The summed E-state index contributed by atoms with van der Waals surface area (Å²) in [5, 5.41) is 0. The first-order valence-electron chi connectivity index (χ1n) is 7.41. The molecule has 0 radical (unpaired) electrons. The van der Waals surface area contributed by atoms with Crippen LogP contribution >= 0.6 is 0 Å². The molecule has 0 aliphatic rings. The lowest BCUT2D eigenvalue weighted by Crippen LogP contribution is -1.95. The average molecular weight is 262 g/mol. The molecule has 0 N–H and O–H groups in total. The molecule has 0 aromatic heterocycles. The van der Waals surface area contributed by atoms with E-state index in [9.17, 15) is 0 Å². The molecule has 0 aliphatic carbocycles. The lowest BCUT2D eigenvalue weighted by Gasteiger charge is -2.12. The monoisotopic (exact) mass is 262 g/mol. The summed E-state index contributed by atoms with van der Waals surface area (Å²) in [6.45, 7) is 12.7. The van der Waals surface area contributed by atoms with E-state index in [1.54, 1.807) is 7.11 Å². The molecule has 0 bridgehead atoms. The molecule has 1 heteroatoms. The van der Waals surface area contributed by atoms with Crippen LogP contribution in [0.1, 0.15) is 70.1 Å². The van der Waals surface area contributed by atoms with Gasteiger partial charge in [-0.25, -0.2) is 0 Å². The van der Waals surface area contributed by atoms with E-state index in [2.05, 4.69) is 45.0 Å². The van der Waals surface area contributed by atoms with Crippen LogP contribution in [0.4, 0.5) is 0 Å². The van der Waals surface area contributed by atoms with Crippen LogP contribution in [0, 0.1) is 6.92 Å². The highest BCUT2D eigenvalue weighted by Crippen LogP contribution is 2.24. The number of methoxy groups -OCH3 is 1. The summed E-state index contributed by atoms with van der Waals surface area (Å²) < 4.78 is 5.19. The Balaban J connectivity index is 0.00000154. The topological polar surface area (TPSA) is 9.23 Å². The van der Waals surface area contributed by atoms with Gasteiger partial charge in [0, 0.05) is 0 Å². The van der Waals surface area contributed by atoms with Crippen molar-refractivity contribution in [1.82, 2.24) is 0 Å². The molecule has 0 heterocycles. The van der Waals surface area contributed by atoms with Crippen LogP contribution in [0.15, 0.2) is 24.0 Å². The molecule has 0 fully saturated rings. The number of hydrogen-bond donors (Lipinski definition) is 0. The third-order valence-corrected chi connectivity index (χ3v) is 3.27. The maximum absolute atomic E-state index is 5.19. The van der Waals surface area contributed by atoms with Gasteiger partial charge in [0.2, 0.25) is 0 Å². The largest absolute Gasteiger partial charge is 0.501 e. The van der Waals surface area contributed by atoms with E-state index in [1.807, 2.05) is 20.8 Å². The molecule has 0 saturated heterocycles. The van der Waals surface area contributed by atoms with Gasteiger partial charge in [0.1, 0.15) is 0 Å². The van der Waals surface area contributed by atoms with Gasteiger partial charge < -0.3 is 4.74 Å². The van der Waals surface area contributed by atoms with E-state index in [1.165, 1.54) is 29.5 Å². The summed E-state index contributed by atoms with van der Waals surface area (Å²) in [5.74, 6) is 1.60. The molecule has 0 amide bonds. The molecule has 0 aliphatic heterocycles. The Labute approximate surface area is 119 Å². The van der Waals surface area contributed by atoms with Crippen molar-refractivity contribution in [1.29, 1.82) is 0 Å². The van der Waals surface area contributed by atoms with Gasteiger partial charge in [0.05, 0.1) is 12.9 Å². The molecule has 1 aromatic rings. The van der Waals surface area contributed by atoms with Gasteiger partial charge in [-0.2, -0.15) is 0 Å². The number of benzene rings is 1. The van der Waals surface area contributed by atoms with Gasteiger partial charge in [-0.3, -0.25) is 0 Å². The number of ether oxygens (including phenoxy) is 1. The minimum Gasteiger partial charge on any atom is -0.501 e. The van der Waals surface area contributed by atoms with E-state index in [4.69, 9.17) is 4.74 Å². The molecule has 1 aromatic carbocycles. The van der Waals surface area contributed by atoms with Crippen LogP contribution in [0.5, 0.6) is 0 Å². The highest BCUT2D eigenvalue weighted by Gasteiger charge is 2.06. The predicted octanol–water partition coefficient (Wildman–Crippen LogP) is 5.93. The molecule has 1 nitrogen and oxygen atoms in total. The van der Waals surface area contributed by atoms with Gasteiger partial charge in [0.25, 0.3) is 0 Å². The summed E-state index contributed by atoms with van der Waals surface area (Å²) in [6, 6.07) is 6.73. The standard InChI is InChI=1S/C16H24O.C2H6/c1-6-7-12(2)15-8-9-16(13(3)10-15)11-14(4)17-5;1-2/h8-12H,6-7H2,1-5H3;1-2H3/b14-11+;. The Morgan fingerprint density at radius 2 is 1.95 bits per heavy atom. The van der Waals surface area contributed by atoms with E-state index in [0.717, 1.165) is 5.76 Å². The lowest BCUT2D eigenvalue weighted by molar-refractivity contribution is 0.297. The van der Waals surface area contributed by atoms with Crippen molar-refractivity contribution < 1.29 is 4.74 Å². The third kappa shape index (κ3) is 5.96. The molecular formula is C18H30O. The van der Waals surface area contributed by atoms with Crippen LogP contribution in [-0.4, -0.2) is 7.11 Å². The van der Waals surface area contributed by atoms with Gasteiger partial charge in [-0.1, -0.05) is 52.3 Å². The molecule has 0 saturated carbocycles. The normalized spacial score (nSPS) is 12.5. The fraction of sp³-hybridized carbons (Fsp3) is 0.556. The van der Waals surface area contributed by atoms with Crippen molar-refractivity contribution in [3.05, 3.63) is 40.6 Å². The van der Waals surface area contributed by atoms with Crippen LogP contribution in [0.3, 0.4) is 0 Å². The smallest absolute Gasteiger partial charge is 0.0930 e. The van der Waals surface area contributed by atoms with Gasteiger partial charge in [0.15, 0.2) is 0 Å². The SMILES string of the molecule is CC.CCCC(C)c1ccc(/C=C(\C)OC)c(C)c1. The van der Waals surface area contributed by atoms with Crippen molar-refractivity contribution in [3.63, 3.8) is 0 Å². The zero-order valence-corrected chi connectivity index (χ0v) is 13.7. The Morgan fingerprint density at radius 1 is 1.32 bits per heavy atom. The molecule has 1 rings (SSSR count). The maximum Gasteiger partial charge on any atom is 0.0930 e. The minimum absolute atomic E-state index is 0.653. The fourth-order valence-electron chi connectivity index (χ4n) is 2.04. The van der Waals surface area contributed by atoms with Gasteiger partial charge >= 0.3 is 0 Å². The second-order valence-corrected chi connectivity index (χ2v) is 4.76. The Kier molecular flexibility index (Phi) is 9.03. The van der Waals surface area contributed by atoms with E-state index >= 15 is 0 Å². The summed E-state index contributed by atoms with van der Waals surface area (Å²) in [5.41, 5.74) is 4.01. The Bertz CT molecular complexity index is 391. The van der Waals surface area contributed by atoms with E-state index in [-0.39, 0.29) is 0 Å². The van der Waals surface area contributed by atoms with Crippen LogP contribution < -0.4 is 0 Å². The summed E-state index contributed by atoms with van der Waals surface area (Å²) in [7, 11) is 1.71. The van der Waals surface area contributed by atoms with Crippen LogP contribution in [0.25, 0.3) is 6.08 Å². The van der Waals surface area contributed by atoms with Gasteiger partial charge in [-0.15, -0.1) is 0 Å². The number of aryl methyl sites for hydroxylation is 1. The fourth-order valence-corrected chi connectivity index (χ4v) is 2.04.